The first kappa shape index (κ1) is 20.7. The second-order valence-corrected chi connectivity index (χ2v) is 9.16. The number of pyridine rings is 1. The van der Waals surface area contributed by atoms with Gasteiger partial charge >= 0.3 is 0 Å². The van der Waals surface area contributed by atoms with Gasteiger partial charge in [-0.25, -0.2) is 8.42 Å². The quantitative estimate of drug-likeness (QED) is 0.648. The third kappa shape index (κ3) is 5.09. The second-order valence-electron chi connectivity index (χ2n) is 7.03. The topological polar surface area (TPSA) is 76.1 Å². The molecule has 2 aromatic carbocycles. The van der Waals surface area contributed by atoms with Gasteiger partial charge in [-0.05, 0) is 54.3 Å². The van der Waals surface area contributed by atoms with Gasteiger partial charge in [0.05, 0.1) is 11.3 Å². The molecule has 29 heavy (non-hydrogen) atoms. The van der Waals surface area contributed by atoms with Crippen LogP contribution in [-0.2, 0) is 21.1 Å². The number of carbonyl (C=O) groups is 1. The molecule has 150 valence electrons. The summed E-state index contributed by atoms with van der Waals surface area (Å²) in [6.07, 6.45) is 3.33. The molecule has 0 aliphatic heterocycles. The molecule has 1 atom stereocenters. The van der Waals surface area contributed by atoms with Gasteiger partial charge < -0.3 is 5.32 Å². The smallest absolute Gasteiger partial charge is 0.224 e. The van der Waals surface area contributed by atoms with Crippen LogP contribution in [0.15, 0.2) is 78.0 Å². The van der Waals surface area contributed by atoms with Gasteiger partial charge in [0.1, 0.15) is 5.25 Å². The third-order valence-corrected chi connectivity index (χ3v) is 7.03. The zero-order valence-electron chi connectivity index (χ0n) is 16.5. The molecule has 3 rings (SSSR count). The number of hydrogen-bond donors (Lipinski definition) is 1. The van der Waals surface area contributed by atoms with Gasteiger partial charge in [0.2, 0.25) is 5.91 Å². The highest BCUT2D eigenvalue weighted by Crippen LogP contribution is 2.29. The van der Waals surface area contributed by atoms with Gasteiger partial charge in [-0.2, -0.15) is 0 Å². The SMILES string of the molecule is Cc1ccc(S(=O)(=O)[C@@H](CNC(=O)Cc2ccccc2)c2cccnc2)cc1C. The Morgan fingerprint density at radius 1 is 1.00 bits per heavy atom. The van der Waals surface area contributed by atoms with Crippen LogP contribution >= 0.6 is 0 Å². The highest BCUT2D eigenvalue weighted by molar-refractivity contribution is 7.91. The van der Waals surface area contributed by atoms with Crippen molar-refractivity contribution in [1.82, 2.24) is 10.3 Å². The van der Waals surface area contributed by atoms with E-state index in [1.807, 2.05) is 44.2 Å². The van der Waals surface area contributed by atoms with Gasteiger partial charge in [-0.1, -0.05) is 42.5 Å². The van der Waals surface area contributed by atoms with Crippen molar-refractivity contribution in [2.75, 3.05) is 6.54 Å². The molecule has 0 bridgehead atoms. The van der Waals surface area contributed by atoms with Crippen LogP contribution in [0.25, 0.3) is 0 Å². The Labute approximate surface area is 171 Å². The lowest BCUT2D eigenvalue weighted by Crippen LogP contribution is -2.33. The van der Waals surface area contributed by atoms with E-state index in [0.717, 1.165) is 16.7 Å². The molecule has 1 aromatic heterocycles. The molecule has 0 spiro atoms. The third-order valence-electron chi connectivity index (χ3n) is 4.93. The number of aromatic nitrogens is 1. The Hall–Kier alpha value is -2.99. The van der Waals surface area contributed by atoms with E-state index >= 15 is 0 Å². The van der Waals surface area contributed by atoms with E-state index in [1.54, 1.807) is 36.5 Å². The molecule has 3 aromatic rings. The number of sulfone groups is 1. The number of nitrogens with zero attached hydrogens (tertiary/aromatic N) is 1. The standard InChI is InChI=1S/C23H24N2O3S/c1-17-10-11-21(13-18(17)2)29(27,28)22(20-9-6-12-24-15-20)16-25-23(26)14-19-7-4-3-5-8-19/h3-13,15,22H,14,16H2,1-2H3,(H,25,26)/t22-/m0/s1. The summed E-state index contributed by atoms with van der Waals surface area (Å²) < 4.78 is 26.8. The number of rotatable bonds is 7. The summed E-state index contributed by atoms with van der Waals surface area (Å²) in [6, 6.07) is 17.9. The van der Waals surface area contributed by atoms with Crippen LogP contribution in [0.5, 0.6) is 0 Å². The van der Waals surface area contributed by atoms with Crippen molar-refractivity contribution in [3.8, 4) is 0 Å². The Morgan fingerprint density at radius 3 is 2.41 bits per heavy atom. The van der Waals surface area contributed by atoms with E-state index in [4.69, 9.17) is 0 Å². The van der Waals surface area contributed by atoms with Crippen LogP contribution < -0.4 is 5.32 Å². The zero-order chi connectivity index (χ0) is 20.9. The molecule has 0 fully saturated rings. The van der Waals surface area contributed by atoms with Crippen molar-refractivity contribution in [3.05, 3.63) is 95.3 Å². The van der Waals surface area contributed by atoms with E-state index < -0.39 is 15.1 Å². The molecule has 0 unspecified atom stereocenters. The first-order valence-electron chi connectivity index (χ1n) is 9.39. The summed E-state index contributed by atoms with van der Waals surface area (Å²) >= 11 is 0. The highest BCUT2D eigenvalue weighted by atomic mass is 32.2. The van der Waals surface area contributed by atoms with E-state index in [9.17, 15) is 13.2 Å². The Morgan fingerprint density at radius 2 is 1.76 bits per heavy atom. The number of aryl methyl sites for hydroxylation is 2. The lowest BCUT2D eigenvalue weighted by molar-refractivity contribution is -0.120. The van der Waals surface area contributed by atoms with E-state index in [-0.39, 0.29) is 23.8 Å². The fraction of sp³-hybridized carbons (Fsp3) is 0.217. The summed E-state index contributed by atoms with van der Waals surface area (Å²) in [5.74, 6) is -0.222. The van der Waals surface area contributed by atoms with E-state index in [1.165, 1.54) is 6.20 Å². The van der Waals surface area contributed by atoms with Crippen LogP contribution in [0, 0.1) is 13.8 Å². The number of carbonyl (C=O) groups excluding carboxylic acids is 1. The molecule has 1 amide bonds. The number of benzene rings is 2. The van der Waals surface area contributed by atoms with Crippen molar-refractivity contribution in [1.29, 1.82) is 0 Å². The monoisotopic (exact) mass is 408 g/mol. The molecule has 0 saturated heterocycles. The molecule has 0 saturated carbocycles. The van der Waals surface area contributed by atoms with Crippen LogP contribution in [0.2, 0.25) is 0 Å². The molecular weight excluding hydrogens is 384 g/mol. The van der Waals surface area contributed by atoms with Crippen molar-refractivity contribution >= 4 is 15.7 Å². The van der Waals surface area contributed by atoms with E-state index in [0.29, 0.717) is 5.56 Å². The summed E-state index contributed by atoms with van der Waals surface area (Å²) in [5, 5.41) is 1.87. The number of amides is 1. The highest BCUT2D eigenvalue weighted by Gasteiger charge is 2.30. The lowest BCUT2D eigenvalue weighted by Gasteiger charge is -2.19. The van der Waals surface area contributed by atoms with Gasteiger partial charge in [0, 0.05) is 18.9 Å². The maximum Gasteiger partial charge on any atom is 0.224 e. The zero-order valence-corrected chi connectivity index (χ0v) is 17.3. The fourth-order valence-electron chi connectivity index (χ4n) is 3.08. The molecule has 0 aliphatic carbocycles. The summed E-state index contributed by atoms with van der Waals surface area (Å²) in [6.45, 7) is 3.80. The molecule has 1 heterocycles. The molecular formula is C23H24N2O3S. The van der Waals surface area contributed by atoms with Crippen molar-refractivity contribution in [2.24, 2.45) is 0 Å². The maximum atomic E-state index is 13.4. The largest absolute Gasteiger partial charge is 0.354 e. The van der Waals surface area contributed by atoms with Crippen molar-refractivity contribution in [2.45, 2.75) is 30.4 Å². The van der Waals surface area contributed by atoms with Gasteiger partial charge in [-0.15, -0.1) is 0 Å². The Kier molecular flexibility index (Phi) is 6.44. The normalized spacial score (nSPS) is 12.3. The minimum atomic E-state index is -3.72. The van der Waals surface area contributed by atoms with Crippen LogP contribution in [0.4, 0.5) is 0 Å². The Bertz CT molecular complexity index is 1080. The van der Waals surface area contributed by atoms with Crippen LogP contribution in [-0.4, -0.2) is 25.9 Å². The number of hydrogen-bond acceptors (Lipinski definition) is 4. The fourth-order valence-corrected chi connectivity index (χ4v) is 4.81. The Balaban J connectivity index is 1.85. The summed E-state index contributed by atoms with van der Waals surface area (Å²) in [7, 11) is -3.72. The molecule has 6 heteroatoms. The maximum absolute atomic E-state index is 13.4. The van der Waals surface area contributed by atoms with Gasteiger partial charge in [0.15, 0.2) is 9.84 Å². The van der Waals surface area contributed by atoms with E-state index in [2.05, 4.69) is 10.3 Å². The second kappa shape index (κ2) is 9.01. The van der Waals surface area contributed by atoms with Crippen molar-refractivity contribution < 1.29 is 13.2 Å². The molecule has 0 radical (unpaired) electrons. The molecule has 5 nitrogen and oxygen atoms in total. The van der Waals surface area contributed by atoms with Crippen LogP contribution in [0.3, 0.4) is 0 Å². The first-order chi connectivity index (χ1) is 13.9. The predicted octanol–water partition coefficient (Wildman–Crippen LogP) is 3.57. The van der Waals surface area contributed by atoms with Crippen LogP contribution in [0.1, 0.15) is 27.5 Å². The van der Waals surface area contributed by atoms with Gasteiger partial charge in [0.25, 0.3) is 0 Å². The first-order valence-corrected chi connectivity index (χ1v) is 10.9. The van der Waals surface area contributed by atoms with Crippen molar-refractivity contribution in [3.63, 3.8) is 0 Å². The molecule has 1 N–H and O–H groups in total. The minimum Gasteiger partial charge on any atom is -0.354 e. The minimum absolute atomic E-state index is 0.0212. The summed E-state index contributed by atoms with van der Waals surface area (Å²) in [4.78, 5) is 16.7. The average molecular weight is 409 g/mol. The number of nitrogens with one attached hydrogen (secondary N) is 1. The average Bonchev–Trinajstić information content (AvgIpc) is 2.71. The van der Waals surface area contributed by atoms with Gasteiger partial charge in [-0.3, -0.25) is 9.78 Å². The molecule has 0 aliphatic rings. The lowest BCUT2D eigenvalue weighted by atomic mass is 10.1. The summed E-state index contributed by atoms with van der Waals surface area (Å²) in [5.41, 5.74) is 3.35. The predicted molar refractivity (Wildman–Crippen MR) is 113 cm³/mol.